The first-order valence-corrected chi connectivity index (χ1v) is 5.66. The maximum Gasteiger partial charge on any atom is 0.217 e. The highest BCUT2D eigenvalue weighted by molar-refractivity contribution is 7.90. The zero-order valence-electron chi connectivity index (χ0n) is 8.14. The molecule has 0 aromatic carbocycles. The van der Waals surface area contributed by atoms with Crippen molar-refractivity contribution in [2.24, 2.45) is 0 Å². The van der Waals surface area contributed by atoms with Gasteiger partial charge in [-0.05, 0) is 0 Å². The van der Waals surface area contributed by atoms with E-state index in [-0.39, 0.29) is 10.9 Å². The van der Waals surface area contributed by atoms with Gasteiger partial charge in [0, 0.05) is 18.4 Å². The minimum absolute atomic E-state index is 0.0614. The third kappa shape index (κ3) is 2.35. The van der Waals surface area contributed by atoms with Crippen molar-refractivity contribution in [3.63, 3.8) is 0 Å². The summed E-state index contributed by atoms with van der Waals surface area (Å²) in [6, 6.07) is 2.85. The number of pyridine rings is 1. The van der Waals surface area contributed by atoms with E-state index in [1.165, 1.54) is 26.4 Å². The summed E-state index contributed by atoms with van der Waals surface area (Å²) in [5, 5.41) is -0.0614. The lowest BCUT2D eigenvalue weighted by Gasteiger charge is -2.05. The summed E-state index contributed by atoms with van der Waals surface area (Å²) >= 11 is 0. The van der Waals surface area contributed by atoms with Crippen LogP contribution in [-0.4, -0.2) is 33.9 Å². The average Bonchev–Trinajstić information content (AvgIpc) is 2.15. The summed E-state index contributed by atoms with van der Waals surface area (Å²) in [7, 11) is -0.483. The predicted octanol–water partition coefficient (Wildman–Crippen LogP) is 0.502. The molecule has 0 radical (unpaired) electrons. The van der Waals surface area contributed by atoms with E-state index in [1.54, 1.807) is 0 Å². The summed E-state index contributed by atoms with van der Waals surface area (Å²) in [4.78, 5) is 3.78. The molecule has 0 N–H and O–H groups in total. The Morgan fingerprint density at radius 3 is 2.29 bits per heavy atom. The quantitative estimate of drug-likeness (QED) is 0.737. The Morgan fingerprint density at radius 1 is 1.21 bits per heavy atom. The lowest BCUT2D eigenvalue weighted by atomic mass is 10.4. The molecule has 1 aromatic heterocycles. The molecule has 1 rings (SSSR count). The van der Waals surface area contributed by atoms with Crippen molar-refractivity contribution in [1.82, 2.24) is 4.98 Å². The summed E-state index contributed by atoms with van der Waals surface area (Å²) in [5.41, 5.74) is 0. The molecule has 0 aliphatic rings. The molecule has 6 heteroatoms. The molecule has 0 atom stereocenters. The molecule has 0 fully saturated rings. The van der Waals surface area contributed by atoms with Crippen molar-refractivity contribution in [2.45, 2.75) is 5.03 Å². The second-order valence-electron chi connectivity index (χ2n) is 2.66. The van der Waals surface area contributed by atoms with Gasteiger partial charge in [0.2, 0.25) is 5.88 Å². The van der Waals surface area contributed by atoms with Gasteiger partial charge in [0.1, 0.15) is 5.75 Å². The van der Waals surface area contributed by atoms with Crippen LogP contribution >= 0.6 is 0 Å². The van der Waals surface area contributed by atoms with Gasteiger partial charge >= 0.3 is 0 Å². The largest absolute Gasteiger partial charge is 0.496 e. The summed E-state index contributed by atoms with van der Waals surface area (Å²) < 4.78 is 32.1. The monoisotopic (exact) mass is 217 g/mol. The molecular formula is C8H11NO4S. The molecule has 0 unspecified atom stereocenters. The van der Waals surface area contributed by atoms with Crippen LogP contribution in [0.5, 0.6) is 11.6 Å². The number of sulfone groups is 1. The fraction of sp³-hybridized carbons (Fsp3) is 0.375. The third-order valence-corrected chi connectivity index (χ3v) is 2.55. The number of aromatic nitrogens is 1. The van der Waals surface area contributed by atoms with Crippen molar-refractivity contribution in [1.29, 1.82) is 0 Å². The van der Waals surface area contributed by atoms with Gasteiger partial charge in [-0.1, -0.05) is 0 Å². The smallest absolute Gasteiger partial charge is 0.217 e. The number of nitrogens with zero attached hydrogens (tertiary/aromatic N) is 1. The van der Waals surface area contributed by atoms with E-state index in [4.69, 9.17) is 9.47 Å². The van der Waals surface area contributed by atoms with E-state index in [0.29, 0.717) is 5.75 Å². The van der Waals surface area contributed by atoms with Crippen molar-refractivity contribution >= 4 is 9.84 Å². The fourth-order valence-corrected chi connectivity index (χ4v) is 1.46. The Hall–Kier alpha value is -1.30. The zero-order valence-corrected chi connectivity index (χ0v) is 8.96. The van der Waals surface area contributed by atoms with Gasteiger partial charge in [-0.2, -0.15) is 0 Å². The second-order valence-corrected chi connectivity index (χ2v) is 4.62. The van der Waals surface area contributed by atoms with Crippen LogP contribution in [0.25, 0.3) is 0 Å². The first-order chi connectivity index (χ1) is 6.47. The van der Waals surface area contributed by atoms with Crippen LogP contribution in [0.15, 0.2) is 17.2 Å². The minimum atomic E-state index is -3.34. The molecular weight excluding hydrogens is 206 g/mol. The van der Waals surface area contributed by atoms with Crippen LogP contribution in [0.1, 0.15) is 0 Å². The summed E-state index contributed by atoms with van der Waals surface area (Å²) in [6.07, 6.45) is 1.08. The van der Waals surface area contributed by atoms with E-state index >= 15 is 0 Å². The van der Waals surface area contributed by atoms with Gasteiger partial charge in [0.05, 0.1) is 14.2 Å². The van der Waals surface area contributed by atoms with Gasteiger partial charge in [-0.3, -0.25) is 0 Å². The normalized spacial score (nSPS) is 11.1. The molecule has 0 aliphatic heterocycles. The number of ether oxygens (including phenoxy) is 2. The van der Waals surface area contributed by atoms with Crippen LogP contribution in [0, 0.1) is 0 Å². The van der Waals surface area contributed by atoms with Gasteiger partial charge in [0.25, 0.3) is 0 Å². The number of rotatable bonds is 3. The highest BCUT2D eigenvalue weighted by atomic mass is 32.2. The summed E-state index contributed by atoms with van der Waals surface area (Å²) in [5.74, 6) is 0.613. The second kappa shape index (κ2) is 3.83. The molecule has 5 nitrogen and oxygen atoms in total. The number of methoxy groups -OCH3 is 2. The van der Waals surface area contributed by atoms with Crippen molar-refractivity contribution in [3.8, 4) is 11.6 Å². The number of hydrogen-bond donors (Lipinski definition) is 0. The van der Waals surface area contributed by atoms with Crippen molar-refractivity contribution in [2.75, 3.05) is 20.5 Å². The van der Waals surface area contributed by atoms with Gasteiger partial charge in [-0.15, -0.1) is 0 Å². The molecule has 0 saturated heterocycles. The molecule has 14 heavy (non-hydrogen) atoms. The van der Waals surface area contributed by atoms with E-state index in [1.807, 2.05) is 0 Å². The van der Waals surface area contributed by atoms with E-state index in [0.717, 1.165) is 6.26 Å². The van der Waals surface area contributed by atoms with Crippen LogP contribution in [0.4, 0.5) is 0 Å². The maximum atomic E-state index is 11.2. The molecule has 0 saturated carbocycles. The van der Waals surface area contributed by atoms with Crippen molar-refractivity contribution in [3.05, 3.63) is 12.1 Å². The maximum absolute atomic E-state index is 11.2. The Balaban J connectivity index is 3.32. The molecule has 0 amide bonds. The highest BCUT2D eigenvalue weighted by Crippen LogP contribution is 2.21. The average molecular weight is 217 g/mol. The molecule has 78 valence electrons. The van der Waals surface area contributed by atoms with Crippen LogP contribution in [0.3, 0.4) is 0 Å². The summed E-state index contributed by atoms with van der Waals surface area (Å²) in [6.45, 7) is 0. The van der Waals surface area contributed by atoms with Gasteiger partial charge < -0.3 is 9.47 Å². The third-order valence-electron chi connectivity index (χ3n) is 1.58. The van der Waals surface area contributed by atoms with Crippen LogP contribution in [0.2, 0.25) is 0 Å². The van der Waals surface area contributed by atoms with E-state index in [2.05, 4.69) is 4.98 Å². The number of hydrogen-bond acceptors (Lipinski definition) is 5. The highest BCUT2D eigenvalue weighted by Gasteiger charge is 2.12. The fourth-order valence-electron chi connectivity index (χ4n) is 0.871. The Labute approximate surface area is 82.6 Å². The Morgan fingerprint density at radius 2 is 1.86 bits per heavy atom. The van der Waals surface area contributed by atoms with Crippen molar-refractivity contribution < 1.29 is 17.9 Å². The topological polar surface area (TPSA) is 65.5 Å². The molecule has 0 aliphatic carbocycles. The Kier molecular flexibility index (Phi) is 2.95. The molecule has 1 heterocycles. The zero-order chi connectivity index (χ0) is 10.8. The van der Waals surface area contributed by atoms with Gasteiger partial charge in [0.15, 0.2) is 14.9 Å². The lowest BCUT2D eigenvalue weighted by molar-refractivity contribution is 0.377. The molecule has 1 aromatic rings. The first kappa shape index (κ1) is 10.8. The molecule has 0 bridgehead atoms. The van der Waals surface area contributed by atoms with Crippen LogP contribution < -0.4 is 9.47 Å². The van der Waals surface area contributed by atoms with Gasteiger partial charge in [-0.25, -0.2) is 13.4 Å². The van der Waals surface area contributed by atoms with E-state index in [9.17, 15) is 8.42 Å². The lowest BCUT2D eigenvalue weighted by Crippen LogP contribution is -2.02. The SMILES string of the molecule is COc1cc(OC)nc(S(C)(=O)=O)c1. The predicted molar refractivity (Wildman–Crippen MR) is 50.5 cm³/mol. The Bertz CT molecular complexity index is 405. The standard InChI is InChI=1S/C8H11NO4S/c1-12-6-4-7(13-2)9-8(5-6)14(3,10)11/h4-5H,1-3H3. The molecule has 0 spiro atoms. The van der Waals surface area contributed by atoms with E-state index < -0.39 is 9.84 Å². The van der Waals surface area contributed by atoms with Crippen LogP contribution in [-0.2, 0) is 9.84 Å². The minimum Gasteiger partial charge on any atom is -0.496 e. The first-order valence-electron chi connectivity index (χ1n) is 3.77.